The lowest BCUT2D eigenvalue weighted by Crippen LogP contribution is -2.11. The SMILES string of the molecule is CCCCc1ccc(CC2(C)CC2)cc1C(F)(F)F. The molecule has 0 atom stereocenters. The molecule has 1 saturated carbocycles. The largest absolute Gasteiger partial charge is 0.416 e. The maximum Gasteiger partial charge on any atom is 0.416 e. The highest BCUT2D eigenvalue weighted by atomic mass is 19.4. The van der Waals surface area contributed by atoms with Crippen LogP contribution in [-0.2, 0) is 19.0 Å². The van der Waals surface area contributed by atoms with E-state index in [1.165, 1.54) is 6.07 Å². The molecule has 0 aliphatic heterocycles. The van der Waals surface area contributed by atoms with Crippen molar-refractivity contribution in [3.63, 3.8) is 0 Å². The maximum atomic E-state index is 13.1. The minimum absolute atomic E-state index is 0.244. The molecule has 1 aliphatic carbocycles. The standard InChI is InChI=1S/C16H21F3/c1-3-4-5-13-7-6-12(11-15(2)8-9-15)10-14(13)16(17,18)19/h6-7,10H,3-5,8-9,11H2,1-2H3. The summed E-state index contributed by atoms with van der Waals surface area (Å²) in [5.41, 5.74) is 1.09. The Bertz CT molecular complexity index is 442. The molecule has 0 unspecified atom stereocenters. The first-order valence-corrected chi connectivity index (χ1v) is 7.03. The molecule has 2 rings (SSSR count). The predicted molar refractivity (Wildman–Crippen MR) is 71.1 cm³/mol. The fourth-order valence-electron chi connectivity index (χ4n) is 2.47. The van der Waals surface area contributed by atoms with Gasteiger partial charge in [0.1, 0.15) is 0 Å². The highest BCUT2D eigenvalue weighted by Crippen LogP contribution is 2.48. The Morgan fingerprint density at radius 1 is 1.21 bits per heavy atom. The van der Waals surface area contributed by atoms with Gasteiger partial charge in [-0.15, -0.1) is 0 Å². The lowest BCUT2D eigenvalue weighted by molar-refractivity contribution is -0.138. The summed E-state index contributed by atoms with van der Waals surface area (Å²) in [5, 5.41) is 0. The van der Waals surface area contributed by atoms with E-state index in [2.05, 4.69) is 6.92 Å². The summed E-state index contributed by atoms with van der Waals surface area (Å²) in [6.07, 6.45) is 1.03. The number of unbranched alkanes of at least 4 members (excludes halogenated alkanes) is 1. The predicted octanol–water partition coefficient (Wildman–Crippen LogP) is 5.39. The molecule has 0 saturated heterocycles. The highest BCUT2D eigenvalue weighted by molar-refractivity contribution is 5.35. The Labute approximate surface area is 113 Å². The highest BCUT2D eigenvalue weighted by Gasteiger charge is 2.38. The monoisotopic (exact) mass is 270 g/mol. The summed E-state index contributed by atoms with van der Waals surface area (Å²) in [7, 11) is 0. The van der Waals surface area contributed by atoms with Gasteiger partial charge in [0.2, 0.25) is 0 Å². The number of rotatable bonds is 5. The molecule has 3 heteroatoms. The van der Waals surface area contributed by atoms with Crippen LogP contribution < -0.4 is 0 Å². The van der Waals surface area contributed by atoms with Crippen LogP contribution in [-0.4, -0.2) is 0 Å². The van der Waals surface area contributed by atoms with Crippen LogP contribution in [0.1, 0.15) is 56.2 Å². The third kappa shape index (κ3) is 3.74. The lowest BCUT2D eigenvalue weighted by atomic mass is 9.93. The molecule has 1 fully saturated rings. The van der Waals surface area contributed by atoms with Crippen molar-refractivity contribution >= 4 is 0 Å². The zero-order chi connectivity index (χ0) is 14.1. The van der Waals surface area contributed by atoms with Gasteiger partial charge in [-0.3, -0.25) is 0 Å². The number of hydrogen-bond acceptors (Lipinski definition) is 0. The van der Waals surface area contributed by atoms with Crippen molar-refractivity contribution in [1.29, 1.82) is 0 Å². The minimum Gasteiger partial charge on any atom is -0.166 e. The van der Waals surface area contributed by atoms with Crippen molar-refractivity contribution in [1.82, 2.24) is 0 Å². The molecule has 0 radical (unpaired) electrons. The summed E-state index contributed by atoms with van der Waals surface area (Å²) in [6, 6.07) is 4.93. The van der Waals surface area contributed by atoms with Gasteiger partial charge < -0.3 is 0 Å². The van der Waals surface area contributed by atoms with Crippen LogP contribution >= 0.6 is 0 Å². The second-order valence-corrected chi connectivity index (χ2v) is 6.08. The third-order valence-electron chi connectivity index (χ3n) is 4.01. The Balaban J connectivity index is 2.24. The van der Waals surface area contributed by atoms with Gasteiger partial charge in [0.05, 0.1) is 5.56 Å². The molecule has 0 aromatic heterocycles. The summed E-state index contributed by atoms with van der Waals surface area (Å²) < 4.78 is 39.3. The Morgan fingerprint density at radius 2 is 1.89 bits per heavy atom. The average Bonchev–Trinajstić information content (AvgIpc) is 3.04. The molecular formula is C16H21F3. The van der Waals surface area contributed by atoms with Crippen LogP contribution in [0.3, 0.4) is 0 Å². The number of alkyl halides is 3. The van der Waals surface area contributed by atoms with Crippen LogP contribution in [0.2, 0.25) is 0 Å². The van der Waals surface area contributed by atoms with E-state index in [0.29, 0.717) is 12.0 Å². The van der Waals surface area contributed by atoms with E-state index in [1.54, 1.807) is 6.07 Å². The van der Waals surface area contributed by atoms with Crippen molar-refractivity contribution in [2.45, 2.75) is 58.5 Å². The van der Waals surface area contributed by atoms with E-state index in [-0.39, 0.29) is 5.41 Å². The third-order valence-corrected chi connectivity index (χ3v) is 4.01. The van der Waals surface area contributed by atoms with Crippen molar-refractivity contribution in [3.05, 3.63) is 34.9 Å². The van der Waals surface area contributed by atoms with Crippen LogP contribution in [0.15, 0.2) is 18.2 Å². The number of hydrogen-bond donors (Lipinski definition) is 0. The lowest BCUT2D eigenvalue weighted by Gasteiger charge is -2.16. The van der Waals surface area contributed by atoms with E-state index < -0.39 is 11.7 Å². The molecule has 0 spiro atoms. The molecule has 1 aromatic rings. The van der Waals surface area contributed by atoms with E-state index in [0.717, 1.165) is 37.7 Å². The Morgan fingerprint density at radius 3 is 2.42 bits per heavy atom. The Hall–Kier alpha value is -0.990. The topological polar surface area (TPSA) is 0 Å². The van der Waals surface area contributed by atoms with Gasteiger partial charge in [-0.1, -0.05) is 32.4 Å². The fraction of sp³-hybridized carbons (Fsp3) is 0.625. The minimum atomic E-state index is -4.23. The van der Waals surface area contributed by atoms with E-state index in [9.17, 15) is 13.2 Å². The first kappa shape index (κ1) is 14.4. The van der Waals surface area contributed by atoms with Crippen LogP contribution in [0.4, 0.5) is 13.2 Å². The summed E-state index contributed by atoms with van der Waals surface area (Å²) in [4.78, 5) is 0. The zero-order valence-corrected chi connectivity index (χ0v) is 11.6. The number of benzene rings is 1. The molecule has 0 nitrogen and oxygen atoms in total. The summed E-state index contributed by atoms with van der Waals surface area (Å²) in [5.74, 6) is 0. The molecule has 0 N–H and O–H groups in total. The second-order valence-electron chi connectivity index (χ2n) is 6.08. The van der Waals surface area contributed by atoms with Gasteiger partial charge in [-0.2, -0.15) is 13.2 Å². The molecule has 106 valence electrons. The molecule has 19 heavy (non-hydrogen) atoms. The van der Waals surface area contributed by atoms with Crippen molar-refractivity contribution in [2.75, 3.05) is 0 Å². The summed E-state index contributed by atoms with van der Waals surface area (Å²) in [6.45, 7) is 4.14. The van der Waals surface area contributed by atoms with Gasteiger partial charge >= 0.3 is 6.18 Å². The van der Waals surface area contributed by atoms with E-state index in [4.69, 9.17) is 0 Å². The molecular weight excluding hydrogens is 249 g/mol. The van der Waals surface area contributed by atoms with E-state index >= 15 is 0 Å². The molecule has 1 aromatic carbocycles. The van der Waals surface area contributed by atoms with Crippen molar-refractivity contribution in [3.8, 4) is 0 Å². The van der Waals surface area contributed by atoms with Crippen LogP contribution in [0.5, 0.6) is 0 Å². The fourth-order valence-corrected chi connectivity index (χ4v) is 2.47. The van der Waals surface area contributed by atoms with Crippen LogP contribution in [0, 0.1) is 5.41 Å². The van der Waals surface area contributed by atoms with E-state index in [1.807, 2.05) is 13.0 Å². The van der Waals surface area contributed by atoms with Gasteiger partial charge in [-0.25, -0.2) is 0 Å². The number of halogens is 3. The molecule has 1 aliphatic rings. The molecule has 0 bridgehead atoms. The maximum absolute atomic E-state index is 13.1. The van der Waals surface area contributed by atoms with Gasteiger partial charge in [0, 0.05) is 0 Å². The Kier molecular flexibility index (Phi) is 3.93. The first-order chi connectivity index (χ1) is 8.84. The number of aryl methyl sites for hydroxylation is 1. The molecule has 0 amide bonds. The second kappa shape index (κ2) is 5.18. The van der Waals surface area contributed by atoms with Crippen molar-refractivity contribution in [2.24, 2.45) is 5.41 Å². The average molecular weight is 270 g/mol. The van der Waals surface area contributed by atoms with Crippen LogP contribution in [0.25, 0.3) is 0 Å². The zero-order valence-electron chi connectivity index (χ0n) is 11.6. The normalized spacial score (nSPS) is 17.5. The molecule has 0 heterocycles. The van der Waals surface area contributed by atoms with Gasteiger partial charge in [-0.05, 0) is 54.7 Å². The smallest absolute Gasteiger partial charge is 0.166 e. The first-order valence-electron chi connectivity index (χ1n) is 7.03. The summed E-state index contributed by atoms with van der Waals surface area (Å²) >= 11 is 0. The quantitative estimate of drug-likeness (QED) is 0.673. The van der Waals surface area contributed by atoms with Crippen molar-refractivity contribution < 1.29 is 13.2 Å². The van der Waals surface area contributed by atoms with Gasteiger partial charge in [0.15, 0.2) is 0 Å². The van der Waals surface area contributed by atoms with Gasteiger partial charge in [0.25, 0.3) is 0 Å².